The molecule has 170 valence electrons. The van der Waals surface area contributed by atoms with Crippen molar-refractivity contribution >= 4 is 0 Å². The van der Waals surface area contributed by atoms with Crippen molar-refractivity contribution in [3.05, 3.63) is 0 Å². The van der Waals surface area contributed by atoms with Gasteiger partial charge in [-0.2, -0.15) is 0 Å². The molecule has 0 radical (unpaired) electrons. The highest BCUT2D eigenvalue weighted by Gasteiger charge is 2.34. The topological polar surface area (TPSA) is 49.7 Å². The van der Waals surface area contributed by atoms with Crippen LogP contribution in [0.4, 0.5) is 0 Å². The monoisotopic (exact) mass is 402 g/mol. The zero-order valence-electron chi connectivity index (χ0n) is 19.5. The highest BCUT2D eigenvalue weighted by molar-refractivity contribution is 4.67. The van der Waals surface area contributed by atoms with Gasteiger partial charge in [0.15, 0.2) is 0 Å². The van der Waals surface area contributed by atoms with E-state index in [9.17, 15) is 0 Å². The number of hydrogen-bond acceptors (Lipinski definition) is 3. The van der Waals surface area contributed by atoms with Crippen LogP contribution in [0.2, 0.25) is 0 Å². The van der Waals surface area contributed by atoms with E-state index in [2.05, 4.69) is 25.8 Å². The van der Waals surface area contributed by atoms with Crippen LogP contribution in [0.25, 0.3) is 0 Å². The molecular formula is C24H52NO3+. The van der Waals surface area contributed by atoms with E-state index in [0.717, 1.165) is 6.04 Å². The van der Waals surface area contributed by atoms with Crippen molar-refractivity contribution in [3.8, 4) is 0 Å². The van der Waals surface area contributed by atoms with Gasteiger partial charge < -0.3 is 4.48 Å². The molecule has 0 spiro atoms. The Kier molecular flexibility index (Phi) is 20.0. The zero-order chi connectivity index (χ0) is 20.9. The molecule has 0 heterocycles. The first-order valence-electron chi connectivity index (χ1n) is 12.5. The zero-order valence-corrected chi connectivity index (χ0v) is 19.5. The Balaban J connectivity index is 0.00000227. The van der Waals surface area contributed by atoms with Gasteiger partial charge in [-0.15, -0.1) is 0 Å². The second kappa shape index (κ2) is 20.1. The van der Waals surface area contributed by atoms with Crippen LogP contribution in [0.3, 0.4) is 0 Å². The van der Waals surface area contributed by atoms with Crippen molar-refractivity contribution in [3.63, 3.8) is 0 Å². The molecule has 2 N–H and O–H groups in total. The van der Waals surface area contributed by atoms with E-state index in [-0.39, 0.29) is 0 Å². The highest BCUT2D eigenvalue weighted by atomic mass is 17.4. The Bertz CT molecular complexity index is 302. The summed E-state index contributed by atoms with van der Waals surface area (Å²) in [6, 6.07) is 0.983. The minimum absolute atomic E-state index is 0.983. The van der Waals surface area contributed by atoms with Crippen molar-refractivity contribution < 1.29 is 20.0 Å². The lowest BCUT2D eigenvalue weighted by Crippen LogP contribution is -2.56. The van der Waals surface area contributed by atoms with Gasteiger partial charge in [0, 0.05) is 0 Å². The average Bonchev–Trinajstić information content (AvgIpc) is 2.73. The lowest BCUT2D eigenvalue weighted by Gasteiger charge is -2.45. The third-order valence-corrected chi connectivity index (χ3v) is 7.07. The summed E-state index contributed by atoms with van der Waals surface area (Å²) in [4.78, 5) is 0. The Hall–Kier alpha value is -0.160. The van der Waals surface area contributed by atoms with Gasteiger partial charge in [-0.05, 0) is 52.4 Å². The van der Waals surface area contributed by atoms with Crippen LogP contribution >= 0.6 is 0 Å². The van der Waals surface area contributed by atoms with E-state index < -0.39 is 0 Å². The molecule has 0 saturated heterocycles. The van der Waals surface area contributed by atoms with Crippen molar-refractivity contribution in [2.24, 2.45) is 0 Å². The first-order valence-corrected chi connectivity index (χ1v) is 12.5. The fraction of sp³-hybridized carbons (Fsp3) is 1.00. The molecule has 0 aliphatic heterocycles. The van der Waals surface area contributed by atoms with Gasteiger partial charge in [-0.1, -0.05) is 82.6 Å². The van der Waals surface area contributed by atoms with Gasteiger partial charge in [0.05, 0.1) is 25.7 Å². The van der Waals surface area contributed by atoms with Crippen LogP contribution in [0.15, 0.2) is 0 Å². The molecule has 0 amide bonds. The molecule has 4 heteroatoms. The SMILES string of the molecule is CCCCCCCCCCCCCC[N+](CC)(CC)C1CCCCC1.OOO. The Morgan fingerprint density at radius 1 is 0.643 bits per heavy atom. The number of unbranched alkanes of at least 4 members (excludes halogenated alkanes) is 11. The summed E-state index contributed by atoms with van der Waals surface area (Å²) >= 11 is 0. The van der Waals surface area contributed by atoms with Crippen LogP contribution in [0, 0.1) is 0 Å². The molecule has 0 aromatic carbocycles. The van der Waals surface area contributed by atoms with E-state index in [4.69, 9.17) is 10.5 Å². The highest BCUT2D eigenvalue weighted by Crippen LogP contribution is 2.29. The van der Waals surface area contributed by atoms with Gasteiger partial charge in [-0.25, -0.2) is 10.5 Å². The molecule has 28 heavy (non-hydrogen) atoms. The molecule has 0 unspecified atom stereocenters. The summed E-state index contributed by atoms with van der Waals surface area (Å²) in [5.74, 6) is 0. The van der Waals surface area contributed by atoms with Crippen LogP contribution in [0.5, 0.6) is 0 Å². The van der Waals surface area contributed by atoms with Gasteiger partial charge >= 0.3 is 0 Å². The molecule has 0 aromatic heterocycles. The summed E-state index contributed by atoms with van der Waals surface area (Å²) < 4.78 is 1.43. The minimum Gasteiger partial charge on any atom is -0.322 e. The number of quaternary nitrogens is 1. The van der Waals surface area contributed by atoms with E-state index in [1.54, 1.807) is 0 Å². The molecule has 4 nitrogen and oxygen atoms in total. The van der Waals surface area contributed by atoms with Crippen LogP contribution in [-0.2, 0) is 5.04 Å². The molecule has 1 fully saturated rings. The molecule has 1 saturated carbocycles. The summed E-state index contributed by atoms with van der Waals surface area (Å²) in [5, 5.41) is 15.5. The maximum atomic E-state index is 6.62. The average molecular weight is 403 g/mol. The summed E-state index contributed by atoms with van der Waals surface area (Å²) in [6.07, 6.45) is 25.1. The van der Waals surface area contributed by atoms with E-state index >= 15 is 0 Å². The number of nitrogens with zero attached hydrogens (tertiary/aromatic N) is 1. The van der Waals surface area contributed by atoms with Crippen molar-refractivity contribution in [2.75, 3.05) is 19.6 Å². The normalized spacial score (nSPS) is 15.3. The van der Waals surface area contributed by atoms with E-state index in [1.165, 1.54) is 133 Å². The predicted molar refractivity (Wildman–Crippen MR) is 121 cm³/mol. The quantitative estimate of drug-likeness (QED) is 0.120. The number of hydrogen-bond donors (Lipinski definition) is 2. The van der Waals surface area contributed by atoms with Gasteiger partial charge in [-0.3, -0.25) is 0 Å². The molecule has 0 aromatic rings. The Morgan fingerprint density at radius 3 is 1.43 bits per heavy atom. The third-order valence-electron chi connectivity index (χ3n) is 7.07. The van der Waals surface area contributed by atoms with E-state index in [0.29, 0.717) is 0 Å². The smallest absolute Gasteiger partial charge is 0.0890 e. The molecule has 0 atom stereocenters. The molecule has 0 bridgehead atoms. The summed E-state index contributed by atoms with van der Waals surface area (Å²) in [7, 11) is 0. The third kappa shape index (κ3) is 13.1. The number of rotatable bonds is 16. The minimum atomic E-state index is 0.983. The first-order chi connectivity index (χ1) is 13.7. The predicted octanol–water partition coefficient (Wildman–Crippen LogP) is 7.83. The lowest BCUT2D eigenvalue weighted by atomic mass is 9.91. The maximum Gasteiger partial charge on any atom is 0.0890 e. The second-order valence-corrected chi connectivity index (χ2v) is 8.84. The fourth-order valence-electron chi connectivity index (χ4n) is 5.14. The van der Waals surface area contributed by atoms with Gasteiger partial charge in [0.25, 0.3) is 0 Å². The molecule has 1 aliphatic rings. The van der Waals surface area contributed by atoms with Gasteiger partial charge in [0.1, 0.15) is 0 Å². The van der Waals surface area contributed by atoms with Crippen molar-refractivity contribution in [2.45, 2.75) is 136 Å². The summed E-state index contributed by atoms with van der Waals surface area (Å²) in [5.41, 5.74) is 0. The standard InChI is InChI=1S/C24H50N.H2O3/c1-4-7-8-9-10-11-12-13-14-15-16-20-23-25(5-2,6-3)24-21-18-17-19-22-24;1-3-2/h24H,4-23H2,1-3H3;1-2H/q+1;. The Morgan fingerprint density at radius 2 is 1.04 bits per heavy atom. The van der Waals surface area contributed by atoms with Crippen molar-refractivity contribution in [1.29, 1.82) is 0 Å². The Labute approximate surface area is 176 Å². The summed E-state index contributed by atoms with van der Waals surface area (Å²) in [6.45, 7) is 11.4. The van der Waals surface area contributed by atoms with Gasteiger partial charge in [0.2, 0.25) is 0 Å². The van der Waals surface area contributed by atoms with Crippen molar-refractivity contribution in [1.82, 2.24) is 0 Å². The van der Waals surface area contributed by atoms with Crippen LogP contribution in [0.1, 0.15) is 130 Å². The first kappa shape index (κ1) is 27.8. The second-order valence-electron chi connectivity index (χ2n) is 8.84. The molecule has 1 rings (SSSR count). The largest absolute Gasteiger partial charge is 0.322 e. The van der Waals surface area contributed by atoms with Crippen LogP contribution in [-0.4, -0.2) is 40.7 Å². The maximum absolute atomic E-state index is 6.62. The van der Waals surface area contributed by atoms with E-state index in [1.807, 2.05) is 0 Å². The lowest BCUT2D eigenvalue weighted by molar-refractivity contribution is -0.949. The molecular weight excluding hydrogens is 350 g/mol. The fourth-order valence-corrected chi connectivity index (χ4v) is 5.14. The molecule has 1 aliphatic carbocycles. The van der Waals surface area contributed by atoms with Crippen LogP contribution < -0.4 is 0 Å².